The summed E-state index contributed by atoms with van der Waals surface area (Å²) in [4.78, 5) is 4.68. The van der Waals surface area contributed by atoms with E-state index in [2.05, 4.69) is 21.6 Å². The van der Waals surface area contributed by atoms with Crippen molar-refractivity contribution in [1.29, 1.82) is 0 Å². The number of piperazine rings is 1. The Kier molecular flexibility index (Phi) is 5.34. The van der Waals surface area contributed by atoms with E-state index in [1.54, 1.807) is 24.3 Å². The Morgan fingerprint density at radius 3 is 2.71 bits per heavy atom. The highest BCUT2D eigenvalue weighted by molar-refractivity contribution is 7.89. The van der Waals surface area contributed by atoms with Gasteiger partial charge in [-0.2, -0.15) is 0 Å². The zero-order valence-electron chi connectivity index (χ0n) is 12.6. The lowest BCUT2D eigenvalue weighted by molar-refractivity contribution is 0.117. The fourth-order valence-corrected chi connectivity index (χ4v) is 3.86. The molecule has 1 heterocycles. The highest BCUT2D eigenvalue weighted by Crippen LogP contribution is 2.15. The number of sulfonamides is 1. The van der Waals surface area contributed by atoms with Crippen LogP contribution in [0.15, 0.2) is 29.2 Å². The third-order valence-electron chi connectivity index (χ3n) is 3.97. The molecule has 3 N–H and O–H groups in total. The van der Waals surface area contributed by atoms with E-state index in [1.165, 1.54) is 0 Å². The molecule has 1 atom stereocenters. The Bertz CT molecular complexity index is 576. The van der Waals surface area contributed by atoms with E-state index in [4.69, 9.17) is 5.73 Å². The summed E-state index contributed by atoms with van der Waals surface area (Å²) in [7, 11) is 0.563. The molecule has 0 bridgehead atoms. The van der Waals surface area contributed by atoms with E-state index in [-0.39, 0.29) is 17.5 Å². The summed E-state index contributed by atoms with van der Waals surface area (Å²) >= 11 is 0. The quantitative estimate of drug-likeness (QED) is 0.778. The van der Waals surface area contributed by atoms with Gasteiger partial charge >= 0.3 is 0 Å². The lowest BCUT2D eigenvalue weighted by atomic mass is 10.2. The number of benzene rings is 1. The first-order valence-corrected chi connectivity index (χ1v) is 8.59. The first kappa shape index (κ1) is 16.4. The van der Waals surface area contributed by atoms with Gasteiger partial charge in [0.1, 0.15) is 0 Å². The molecule has 1 aromatic rings. The molecule has 0 radical (unpaired) electrons. The van der Waals surface area contributed by atoms with Crippen LogP contribution in [-0.2, 0) is 16.6 Å². The monoisotopic (exact) mass is 312 g/mol. The van der Waals surface area contributed by atoms with Crippen molar-refractivity contribution in [1.82, 2.24) is 14.5 Å². The average Bonchev–Trinajstić information content (AvgIpc) is 2.48. The number of nitrogens with two attached hydrogens (primary N) is 1. The van der Waals surface area contributed by atoms with Gasteiger partial charge in [-0.25, -0.2) is 13.1 Å². The van der Waals surface area contributed by atoms with E-state index < -0.39 is 10.0 Å². The maximum atomic E-state index is 12.4. The molecular weight excluding hydrogens is 288 g/mol. The lowest BCUT2D eigenvalue weighted by Gasteiger charge is -2.37. The molecule has 0 aliphatic carbocycles. The highest BCUT2D eigenvalue weighted by Gasteiger charge is 2.25. The Morgan fingerprint density at radius 2 is 2.00 bits per heavy atom. The van der Waals surface area contributed by atoms with E-state index >= 15 is 0 Å². The highest BCUT2D eigenvalue weighted by atomic mass is 32.2. The van der Waals surface area contributed by atoms with Crippen LogP contribution in [0, 0.1) is 0 Å². The van der Waals surface area contributed by atoms with Crippen molar-refractivity contribution in [3.05, 3.63) is 29.8 Å². The van der Waals surface area contributed by atoms with Gasteiger partial charge in [0.15, 0.2) is 0 Å². The maximum Gasteiger partial charge on any atom is 0.240 e. The van der Waals surface area contributed by atoms with E-state index in [0.717, 1.165) is 19.6 Å². The van der Waals surface area contributed by atoms with Crippen molar-refractivity contribution in [2.45, 2.75) is 17.5 Å². The number of nitrogens with one attached hydrogen (secondary N) is 1. The van der Waals surface area contributed by atoms with Crippen LogP contribution in [0.4, 0.5) is 0 Å². The Hall–Kier alpha value is -0.990. The van der Waals surface area contributed by atoms with Crippen molar-refractivity contribution in [3.63, 3.8) is 0 Å². The van der Waals surface area contributed by atoms with Gasteiger partial charge in [0, 0.05) is 38.8 Å². The molecule has 7 heteroatoms. The van der Waals surface area contributed by atoms with Gasteiger partial charge in [0.2, 0.25) is 10.0 Å². The molecule has 2 rings (SSSR count). The maximum absolute atomic E-state index is 12.4. The number of likely N-dealkylation sites (N-methyl/N-ethyl adjacent to an activating group) is 2. The third kappa shape index (κ3) is 4.02. The zero-order valence-corrected chi connectivity index (χ0v) is 13.4. The van der Waals surface area contributed by atoms with Crippen molar-refractivity contribution in [2.24, 2.45) is 5.73 Å². The van der Waals surface area contributed by atoms with Crippen LogP contribution in [-0.4, -0.2) is 64.5 Å². The summed E-state index contributed by atoms with van der Waals surface area (Å²) in [5.74, 6) is 0. The summed E-state index contributed by atoms with van der Waals surface area (Å²) in [6.07, 6.45) is 0. The molecule has 0 spiro atoms. The molecule has 0 saturated carbocycles. The molecule has 1 aliphatic heterocycles. The second-order valence-corrected chi connectivity index (χ2v) is 7.30. The third-order valence-corrected chi connectivity index (χ3v) is 5.50. The summed E-state index contributed by atoms with van der Waals surface area (Å²) in [5.41, 5.74) is 6.26. The van der Waals surface area contributed by atoms with Crippen molar-refractivity contribution in [3.8, 4) is 0 Å². The molecule has 118 valence electrons. The Morgan fingerprint density at radius 1 is 1.29 bits per heavy atom. The topological polar surface area (TPSA) is 78.7 Å². The first-order valence-electron chi connectivity index (χ1n) is 7.10. The minimum atomic E-state index is -3.52. The summed E-state index contributed by atoms with van der Waals surface area (Å²) in [5, 5.41) is 0. The van der Waals surface area contributed by atoms with Crippen LogP contribution in [0.2, 0.25) is 0 Å². The van der Waals surface area contributed by atoms with E-state index in [9.17, 15) is 8.42 Å². The standard InChI is InChI=1S/C14H24N4O2S/c1-17-7-8-18(2)13(11-17)10-16-21(19,20)14-6-4-3-5-12(14)9-15/h3-6,13,16H,7-11,15H2,1-2H3. The molecule has 21 heavy (non-hydrogen) atoms. The second-order valence-electron chi connectivity index (χ2n) is 5.56. The molecular formula is C14H24N4O2S. The van der Waals surface area contributed by atoms with Gasteiger partial charge in [-0.15, -0.1) is 0 Å². The fraction of sp³-hybridized carbons (Fsp3) is 0.571. The predicted molar refractivity (Wildman–Crippen MR) is 83.4 cm³/mol. The van der Waals surface area contributed by atoms with Crippen LogP contribution in [0.1, 0.15) is 5.56 Å². The van der Waals surface area contributed by atoms with Crippen LogP contribution in [0.25, 0.3) is 0 Å². The zero-order chi connectivity index (χ0) is 15.5. The van der Waals surface area contributed by atoms with E-state index in [1.807, 2.05) is 7.05 Å². The second kappa shape index (κ2) is 6.85. The summed E-state index contributed by atoms with van der Waals surface area (Å²) in [6.45, 7) is 3.43. The normalized spacial score (nSPS) is 21.6. The SMILES string of the molecule is CN1CCN(C)C(CNS(=O)(=O)c2ccccc2CN)C1. The van der Waals surface area contributed by atoms with Gasteiger partial charge in [0.05, 0.1) is 4.90 Å². The van der Waals surface area contributed by atoms with Crippen LogP contribution in [0.3, 0.4) is 0 Å². The fourth-order valence-electron chi connectivity index (χ4n) is 2.54. The molecule has 1 saturated heterocycles. The average molecular weight is 312 g/mol. The minimum absolute atomic E-state index is 0.184. The van der Waals surface area contributed by atoms with Gasteiger partial charge in [-0.3, -0.25) is 4.90 Å². The van der Waals surface area contributed by atoms with E-state index in [0.29, 0.717) is 12.1 Å². The van der Waals surface area contributed by atoms with Crippen LogP contribution < -0.4 is 10.5 Å². The van der Waals surface area contributed by atoms with Gasteiger partial charge < -0.3 is 10.6 Å². The number of nitrogens with zero attached hydrogens (tertiary/aromatic N) is 2. The number of rotatable bonds is 5. The number of hydrogen-bond donors (Lipinski definition) is 2. The summed E-state index contributed by atoms with van der Waals surface area (Å²) < 4.78 is 27.6. The molecule has 0 amide bonds. The smallest absolute Gasteiger partial charge is 0.240 e. The molecule has 6 nitrogen and oxygen atoms in total. The molecule has 1 aliphatic rings. The van der Waals surface area contributed by atoms with Gasteiger partial charge in [-0.1, -0.05) is 18.2 Å². The van der Waals surface area contributed by atoms with Gasteiger partial charge in [0.25, 0.3) is 0 Å². The van der Waals surface area contributed by atoms with Crippen molar-refractivity contribution < 1.29 is 8.42 Å². The lowest BCUT2D eigenvalue weighted by Crippen LogP contribution is -2.54. The van der Waals surface area contributed by atoms with Crippen LogP contribution in [0.5, 0.6) is 0 Å². The predicted octanol–water partition coefficient (Wildman–Crippen LogP) is -0.331. The van der Waals surface area contributed by atoms with Crippen molar-refractivity contribution in [2.75, 3.05) is 40.3 Å². The van der Waals surface area contributed by atoms with Crippen LogP contribution >= 0.6 is 0 Å². The number of hydrogen-bond acceptors (Lipinski definition) is 5. The Balaban J connectivity index is 2.07. The summed E-state index contributed by atoms with van der Waals surface area (Å²) in [6, 6.07) is 7.04. The first-order chi connectivity index (χ1) is 9.94. The largest absolute Gasteiger partial charge is 0.326 e. The molecule has 0 aromatic heterocycles. The molecule has 1 aromatic carbocycles. The minimum Gasteiger partial charge on any atom is -0.326 e. The Labute approximate surface area is 127 Å². The van der Waals surface area contributed by atoms with Gasteiger partial charge in [-0.05, 0) is 25.7 Å². The molecule has 1 fully saturated rings. The molecule has 1 unspecified atom stereocenters. The van der Waals surface area contributed by atoms with Crippen molar-refractivity contribution >= 4 is 10.0 Å².